The molecule has 5 rings (SSSR count). The minimum Gasteiger partial charge on any atom is -0.465 e. The van der Waals surface area contributed by atoms with Gasteiger partial charge in [0.1, 0.15) is 12.2 Å². The van der Waals surface area contributed by atoms with Crippen LogP contribution >= 0.6 is 15.9 Å². The SMILES string of the molecule is Cc1c(Br)ccc2c3oc(Cn4cc(CNC(=O)O)nn4)nc3c(=O)n(C3CC3)c12. The normalized spacial score (nSPS) is 13.9. The first-order valence-electron chi connectivity index (χ1n) is 9.41. The van der Waals surface area contributed by atoms with Crippen LogP contribution in [0, 0.1) is 6.92 Å². The summed E-state index contributed by atoms with van der Waals surface area (Å²) in [4.78, 5) is 28.3. The Kier molecular flexibility index (Phi) is 4.35. The maximum Gasteiger partial charge on any atom is 0.404 e. The van der Waals surface area contributed by atoms with Gasteiger partial charge in [-0.15, -0.1) is 5.10 Å². The molecule has 1 amide bonds. The van der Waals surface area contributed by atoms with E-state index in [1.54, 1.807) is 6.20 Å². The molecule has 0 atom stereocenters. The Morgan fingerprint density at radius 1 is 1.40 bits per heavy atom. The van der Waals surface area contributed by atoms with Gasteiger partial charge >= 0.3 is 6.09 Å². The summed E-state index contributed by atoms with van der Waals surface area (Å²) in [6.07, 6.45) is 2.42. The number of carbonyl (C=O) groups is 1. The molecule has 0 aliphatic heterocycles. The van der Waals surface area contributed by atoms with Gasteiger partial charge in [0.05, 0.1) is 18.3 Å². The lowest BCUT2D eigenvalue weighted by atomic mass is 10.1. The van der Waals surface area contributed by atoms with Crippen molar-refractivity contribution >= 4 is 44.0 Å². The van der Waals surface area contributed by atoms with E-state index in [1.807, 2.05) is 23.6 Å². The summed E-state index contributed by atoms with van der Waals surface area (Å²) in [7, 11) is 0. The van der Waals surface area contributed by atoms with E-state index in [0.29, 0.717) is 22.7 Å². The summed E-state index contributed by atoms with van der Waals surface area (Å²) < 4.78 is 10.3. The average Bonchev–Trinajstić information content (AvgIpc) is 3.29. The average molecular weight is 473 g/mol. The summed E-state index contributed by atoms with van der Waals surface area (Å²) >= 11 is 3.56. The first-order chi connectivity index (χ1) is 14.4. The van der Waals surface area contributed by atoms with Crippen molar-refractivity contribution in [2.24, 2.45) is 0 Å². The van der Waals surface area contributed by atoms with Gasteiger partial charge in [-0.2, -0.15) is 0 Å². The first-order valence-corrected chi connectivity index (χ1v) is 10.2. The van der Waals surface area contributed by atoms with Crippen LogP contribution in [0.25, 0.3) is 22.0 Å². The van der Waals surface area contributed by atoms with E-state index >= 15 is 0 Å². The third kappa shape index (κ3) is 3.15. The Labute approximate surface area is 177 Å². The van der Waals surface area contributed by atoms with Gasteiger partial charge in [-0.05, 0) is 37.5 Å². The Hall–Kier alpha value is -3.21. The second-order valence-electron chi connectivity index (χ2n) is 7.33. The topological polar surface area (TPSA) is 128 Å². The van der Waals surface area contributed by atoms with Crippen molar-refractivity contribution in [2.75, 3.05) is 0 Å². The number of carboxylic acid groups (broad SMARTS) is 1. The Balaban J connectivity index is 1.58. The highest BCUT2D eigenvalue weighted by Crippen LogP contribution is 2.39. The Morgan fingerprint density at radius 3 is 2.93 bits per heavy atom. The third-order valence-corrected chi connectivity index (χ3v) is 6.02. The van der Waals surface area contributed by atoms with E-state index in [9.17, 15) is 9.59 Å². The quantitative estimate of drug-likeness (QED) is 0.456. The molecule has 0 spiro atoms. The predicted molar refractivity (Wildman–Crippen MR) is 110 cm³/mol. The number of hydrogen-bond acceptors (Lipinski definition) is 6. The second-order valence-corrected chi connectivity index (χ2v) is 8.18. The van der Waals surface area contributed by atoms with Crippen LogP contribution < -0.4 is 10.9 Å². The van der Waals surface area contributed by atoms with Gasteiger partial charge in [-0.25, -0.2) is 14.5 Å². The molecule has 1 fully saturated rings. The van der Waals surface area contributed by atoms with Crippen LogP contribution in [0.15, 0.2) is 32.0 Å². The molecule has 4 aromatic rings. The van der Waals surface area contributed by atoms with E-state index in [0.717, 1.165) is 33.8 Å². The highest BCUT2D eigenvalue weighted by molar-refractivity contribution is 9.10. The Morgan fingerprint density at radius 2 is 2.20 bits per heavy atom. The highest BCUT2D eigenvalue weighted by Gasteiger charge is 2.30. The number of aryl methyl sites for hydroxylation is 1. The number of nitrogens with zero attached hydrogens (tertiary/aromatic N) is 5. The zero-order chi connectivity index (χ0) is 21.0. The fraction of sp³-hybridized carbons (Fsp3) is 0.316. The second kappa shape index (κ2) is 6.94. The monoisotopic (exact) mass is 472 g/mol. The molecule has 3 aromatic heterocycles. The lowest BCUT2D eigenvalue weighted by Gasteiger charge is -2.12. The number of oxazole rings is 1. The number of hydrogen-bond donors (Lipinski definition) is 2. The molecule has 11 heteroatoms. The van der Waals surface area contributed by atoms with Crippen molar-refractivity contribution in [2.45, 2.75) is 38.9 Å². The van der Waals surface area contributed by atoms with Crippen molar-refractivity contribution < 1.29 is 14.3 Å². The molecule has 1 aliphatic carbocycles. The van der Waals surface area contributed by atoms with Gasteiger partial charge in [0, 0.05) is 15.9 Å². The van der Waals surface area contributed by atoms with E-state index < -0.39 is 6.09 Å². The van der Waals surface area contributed by atoms with Gasteiger partial charge in [-0.1, -0.05) is 21.1 Å². The van der Waals surface area contributed by atoms with Crippen molar-refractivity contribution in [3.05, 3.63) is 50.3 Å². The van der Waals surface area contributed by atoms with Crippen LogP contribution in [0.1, 0.15) is 36.0 Å². The zero-order valence-electron chi connectivity index (χ0n) is 15.9. The van der Waals surface area contributed by atoms with Crippen LogP contribution in [0.3, 0.4) is 0 Å². The summed E-state index contributed by atoms with van der Waals surface area (Å²) in [5.41, 5.74) is 2.94. The van der Waals surface area contributed by atoms with Gasteiger partial charge in [-0.3, -0.25) is 4.79 Å². The summed E-state index contributed by atoms with van der Waals surface area (Å²) in [6.45, 7) is 2.21. The maximum absolute atomic E-state index is 13.2. The molecule has 2 N–H and O–H groups in total. The summed E-state index contributed by atoms with van der Waals surface area (Å²) in [5, 5.41) is 19.7. The van der Waals surface area contributed by atoms with E-state index in [4.69, 9.17) is 9.52 Å². The molecule has 10 nitrogen and oxygen atoms in total. The van der Waals surface area contributed by atoms with Gasteiger partial charge in [0.2, 0.25) is 5.89 Å². The van der Waals surface area contributed by atoms with Crippen LogP contribution in [-0.2, 0) is 13.1 Å². The molecular weight excluding hydrogens is 456 g/mol. The Bertz CT molecular complexity index is 1370. The number of pyridine rings is 1. The van der Waals surface area contributed by atoms with Crippen LogP contribution in [-0.4, -0.2) is 35.7 Å². The molecule has 0 unspecified atom stereocenters. The van der Waals surface area contributed by atoms with E-state index in [1.165, 1.54) is 4.68 Å². The number of aromatic nitrogens is 5. The van der Waals surface area contributed by atoms with E-state index in [-0.39, 0.29) is 24.7 Å². The van der Waals surface area contributed by atoms with Crippen molar-refractivity contribution in [1.29, 1.82) is 0 Å². The highest BCUT2D eigenvalue weighted by atomic mass is 79.9. The molecule has 0 radical (unpaired) electrons. The van der Waals surface area contributed by atoms with E-state index in [2.05, 4.69) is 36.5 Å². The fourth-order valence-electron chi connectivity index (χ4n) is 3.63. The number of halogens is 1. The van der Waals surface area contributed by atoms with Gasteiger partial charge < -0.3 is 19.4 Å². The fourth-order valence-corrected chi connectivity index (χ4v) is 3.95. The molecule has 1 saturated carbocycles. The molecule has 0 bridgehead atoms. The number of rotatable bonds is 5. The van der Waals surface area contributed by atoms with Crippen LogP contribution in [0.5, 0.6) is 0 Å². The third-order valence-electron chi connectivity index (χ3n) is 5.16. The molecule has 1 aliphatic rings. The zero-order valence-corrected chi connectivity index (χ0v) is 17.5. The predicted octanol–water partition coefficient (Wildman–Crippen LogP) is 2.96. The van der Waals surface area contributed by atoms with Gasteiger partial charge in [0.25, 0.3) is 5.56 Å². The largest absolute Gasteiger partial charge is 0.465 e. The number of benzene rings is 1. The minimum absolute atomic E-state index is 0.0494. The standard InChI is InChI=1S/C19H17BrN6O4/c1-9-13(20)5-4-12-16(9)26(11-2-3-11)18(27)15-17(12)30-14(22-15)8-25-7-10(23-24-25)6-21-19(28)29/h4-5,7,11,21H,2-3,6,8H2,1H3,(H,28,29). The maximum atomic E-state index is 13.2. The molecular formula is C19H17BrN6O4. The lowest BCUT2D eigenvalue weighted by Crippen LogP contribution is -2.20. The van der Waals surface area contributed by atoms with Gasteiger partial charge in [0.15, 0.2) is 11.1 Å². The molecule has 0 saturated heterocycles. The van der Waals surface area contributed by atoms with Crippen molar-refractivity contribution in [3.63, 3.8) is 0 Å². The number of amides is 1. The summed E-state index contributed by atoms with van der Waals surface area (Å²) in [6, 6.07) is 4.07. The molecule has 3 heterocycles. The molecule has 154 valence electrons. The smallest absolute Gasteiger partial charge is 0.404 e. The lowest BCUT2D eigenvalue weighted by molar-refractivity contribution is 0.194. The number of fused-ring (bicyclic) bond motifs is 3. The van der Waals surface area contributed by atoms with Crippen molar-refractivity contribution in [3.8, 4) is 0 Å². The molecule has 1 aromatic carbocycles. The first kappa shape index (κ1) is 18.8. The van der Waals surface area contributed by atoms with Crippen LogP contribution in [0.4, 0.5) is 4.79 Å². The van der Waals surface area contributed by atoms with Crippen LogP contribution in [0.2, 0.25) is 0 Å². The minimum atomic E-state index is -1.13. The summed E-state index contributed by atoms with van der Waals surface area (Å²) in [5.74, 6) is 0.333. The van der Waals surface area contributed by atoms with Crippen molar-refractivity contribution in [1.82, 2.24) is 29.9 Å². The number of nitrogens with one attached hydrogen (secondary N) is 1. The molecule has 30 heavy (non-hydrogen) atoms.